The molecule has 0 unspecified atom stereocenters. The zero-order valence-electron chi connectivity index (χ0n) is 21.1. The monoisotopic (exact) mass is 535 g/mol. The van der Waals surface area contributed by atoms with Crippen LogP contribution in [0.5, 0.6) is 5.75 Å². The molecule has 13 heteroatoms. The molecule has 5 rings (SSSR count). The molecule has 3 aromatic rings. The smallest absolute Gasteiger partial charge is 0.431 e. The number of para-hydroxylation sites is 1. The summed E-state index contributed by atoms with van der Waals surface area (Å²) in [5, 5.41) is 13.4. The number of pyridine rings is 1. The van der Waals surface area contributed by atoms with Crippen molar-refractivity contribution in [3.05, 3.63) is 46.1 Å². The number of halogens is 4. The maximum atomic E-state index is 14.8. The number of nitrogens with zero attached hydrogens (tertiary/aromatic N) is 6. The number of rotatable bonds is 6. The maximum absolute atomic E-state index is 14.8. The molecular weight excluding hydrogens is 506 g/mol. The Labute approximate surface area is 216 Å². The highest BCUT2D eigenvalue weighted by molar-refractivity contribution is 5.91. The predicted octanol–water partition coefficient (Wildman–Crippen LogP) is 2.58. The number of benzene rings is 1. The first-order chi connectivity index (χ1) is 18.1. The van der Waals surface area contributed by atoms with E-state index in [-0.39, 0.29) is 33.3 Å². The van der Waals surface area contributed by atoms with Gasteiger partial charge in [-0.3, -0.25) is 14.3 Å². The summed E-state index contributed by atoms with van der Waals surface area (Å²) in [6, 6.07) is 4.11. The summed E-state index contributed by atoms with van der Waals surface area (Å²) >= 11 is 0. The highest BCUT2D eigenvalue weighted by Gasteiger charge is 2.39. The van der Waals surface area contributed by atoms with Crippen molar-refractivity contribution in [2.24, 2.45) is 0 Å². The van der Waals surface area contributed by atoms with Crippen LogP contribution in [0.1, 0.15) is 19.5 Å². The first kappa shape index (κ1) is 26.2. The van der Waals surface area contributed by atoms with Crippen molar-refractivity contribution in [2.75, 3.05) is 62.2 Å². The first-order valence-electron chi connectivity index (χ1n) is 12.6. The minimum atomic E-state index is -5.03. The van der Waals surface area contributed by atoms with E-state index < -0.39 is 34.7 Å². The van der Waals surface area contributed by atoms with Crippen LogP contribution in [0.3, 0.4) is 0 Å². The number of phenols is 1. The Morgan fingerprint density at radius 3 is 2.39 bits per heavy atom. The van der Waals surface area contributed by atoms with Crippen LogP contribution in [-0.4, -0.2) is 82.9 Å². The van der Waals surface area contributed by atoms with Crippen LogP contribution in [0.15, 0.2) is 29.1 Å². The molecule has 204 valence electrons. The Kier molecular flexibility index (Phi) is 6.90. The molecule has 0 radical (unpaired) electrons. The molecule has 2 fully saturated rings. The topological polar surface area (TPSA) is 89.8 Å². The lowest BCUT2D eigenvalue weighted by molar-refractivity contribution is -0.142. The van der Waals surface area contributed by atoms with Gasteiger partial charge >= 0.3 is 6.18 Å². The highest BCUT2D eigenvalue weighted by Crippen LogP contribution is 2.37. The number of aromatic nitrogens is 3. The molecule has 2 saturated heterocycles. The maximum Gasteiger partial charge on any atom is 0.431 e. The van der Waals surface area contributed by atoms with E-state index in [0.717, 1.165) is 37.4 Å². The Morgan fingerprint density at radius 1 is 1.11 bits per heavy atom. The largest absolute Gasteiger partial charge is 0.506 e. The van der Waals surface area contributed by atoms with E-state index in [9.17, 15) is 27.5 Å². The van der Waals surface area contributed by atoms with Gasteiger partial charge < -0.3 is 20.2 Å². The molecular formula is C25H29F4N7O2. The van der Waals surface area contributed by atoms with Gasteiger partial charge in [-0.05, 0) is 31.3 Å². The normalized spacial score (nSPS) is 16.9. The summed E-state index contributed by atoms with van der Waals surface area (Å²) in [4.78, 5) is 28.8. The minimum Gasteiger partial charge on any atom is -0.506 e. The summed E-state index contributed by atoms with van der Waals surface area (Å²) in [7, 11) is 0. The van der Waals surface area contributed by atoms with Gasteiger partial charge in [-0.1, -0.05) is 19.9 Å². The molecule has 0 atom stereocenters. The predicted molar refractivity (Wildman–Crippen MR) is 136 cm³/mol. The molecule has 9 nitrogen and oxygen atoms in total. The van der Waals surface area contributed by atoms with Crippen molar-refractivity contribution in [1.82, 2.24) is 24.8 Å². The zero-order chi connectivity index (χ0) is 27.2. The third-order valence-electron chi connectivity index (χ3n) is 7.21. The van der Waals surface area contributed by atoms with Crippen molar-refractivity contribution >= 4 is 22.7 Å². The van der Waals surface area contributed by atoms with Gasteiger partial charge in [0.05, 0.1) is 5.39 Å². The second-order valence-corrected chi connectivity index (χ2v) is 9.40. The van der Waals surface area contributed by atoms with Crippen LogP contribution in [0, 0.1) is 5.82 Å². The molecule has 1 aromatic carbocycles. The fourth-order valence-corrected chi connectivity index (χ4v) is 5.16. The molecule has 2 aliphatic heterocycles. The third-order valence-corrected chi connectivity index (χ3v) is 7.21. The Hall–Kier alpha value is -3.45. The molecule has 0 saturated carbocycles. The van der Waals surface area contributed by atoms with Crippen LogP contribution in [0.4, 0.5) is 29.3 Å². The average Bonchev–Trinajstić information content (AvgIpc) is 2.86. The molecule has 0 amide bonds. The molecule has 2 aromatic heterocycles. The van der Waals surface area contributed by atoms with E-state index in [2.05, 4.69) is 34.0 Å². The van der Waals surface area contributed by atoms with Crippen molar-refractivity contribution in [3.63, 3.8) is 0 Å². The fourth-order valence-electron chi connectivity index (χ4n) is 5.16. The Bertz CT molecular complexity index is 1370. The number of alkyl halides is 3. The van der Waals surface area contributed by atoms with Crippen molar-refractivity contribution in [1.29, 1.82) is 0 Å². The van der Waals surface area contributed by atoms with Gasteiger partial charge in [0.25, 0.3) is 5.56 Å². The van der Waals surface area contributed by atoms with Crippen LogP contribution >= 0.6 is 0 Å². The van der Waals surface area contributed by atoms with Crippen molar-refractivity contribution < 1.29 is 22.7 Å². The van der Waals surface area contributed by atoms with Crippen LogP contribution in [0.25, 0.3) is 16.6 Å². The second kappa shape index (κ2) is 10.0. The lowest BCUT2D eigenvalue weighted by Crippen LogP contribution is -2.60. The summed E-state index contributed by atoms with van der Waals surface area (Å²) in [6.45, 7) is 9.25. The van der Waals surface area contributed by atoms with Gasteiger partial charge in [0.15, 0.2) is 5.82 Å². The van der Waals surface area contributed by atoms with E-state index in [0.29, 0.717) is 39.3 Å². The van der Waals surface area contributed by atoms with E-state index in [4.69, 9.17) is 0 Å². The molecule has 2 N–H and O–H groups in total. The fraction of sp³-hybridized carbons (Fsp3) is 0.480. The quantitative estimate of drug-likeness (QED) is 0.466. The minimum absolute atomic E-state index is 0.0686. The van der Waals surface area contributed by atoms with E-state index in [1.807, 2.05) is 9.80 Å². The zero-order valence-corrected chi connectivity index (χ0v) is 21.1. The number of hydrogen-bond acceptors (Lipinski definition) is 8. The van der Waals surface area contributed by atoms with Crippen molar-refractivity contribution in [2.45, 2.75) is 26.1 Å². The van der Waals surface area contributed by atoms with Crippen molar-refractivity contribution in [3.8, 4) is 11.4 Å². The summed E-state index contributed by atoms with van der Waals surface area (Å²) in [5.41, 5.74) is -3.75. The van der Waals surface area contributed by atoms with E-state index >= 15 is 0 Å². The number of likely N-dealkylation sites (N-methyl/N-ethyl adjacent to an activating group) is 1. The van der Waals surface area contributed by atoms with Gasteiger partial charge in [0, 0.05) is 45.3 Å². The van der Waals surface area contributed by atoms with Crippen LogP contribution in [-0.2, 0) is 6.18 Å². The van der Waals surface area contributed by atoms with Gasteiger partial charge in [-0.25, -0.2) is 9.37 Å². The SMILES string of the molecule is CCN(CC)C1CN(c2nc(N3CCNCC3)c3cc(C(F)(F)F)n(-c4c(O)cccc4F)c(=O)c3n2)C1. The molecule has 0 aliphatic carbocycles. The lowest BCUT2D eigenvalue weighted by atomic mass is 10.1. The van der Waals surface area contributed by atoms with Gasteiger partial charge in [0.2, 0.25) is 5.95 Å². The molecule has 38 heavy (non-hydrogen) atoms. The van der Waals surface area contributed by atoms with Crippen LogP contribution < -0.4 is 20.7 Å². The summed E-state index contributed by atoms with van der Waals surface area (Å²) in [6.07, 6.45) is -5.03. The Morgan fingerprint density at radius 2 is 1.79 bits per heavy atom. The first-order valence-corrected chi connectivity index (χ1v) is 12.6. The number of phenolic OH excluding ortho intramolecular Hbond substituents is 1. The second-order valence-electron chi connectivity index (χ2n) is 9.40. The summed E-state index contributed by atoms with van der Waals surface area (Å²) in [5.74, 6) is -1.50. The number of nitrogens with one attached hydrogen (secondary N) is 1. The van der Waals surface area contributed by atoms with Crippen LogP contribution in [0.2, 0.25) is 0 Å². The molecule has 4 heterocycles. The number of piperazine rings is 1. The van der Waals surface area contributed by atoms with E-state index in [1.54, 1.807) is 0 Å². The number of fused-ring (bicyclic) bond motifs is 1. The lowest BCUT2D eigenvalue weighted by Gasteiger charge is -2.45. The van der Waals surface area contributed by atoms with Gasteiger partial charge in [-0.2, -0.15) is 18.2 Å². The van der Waals surface area contributed by atoms with Gasteiger partial charge in [0.1, 0.15) is 28.5 Å². The molecule has 0 bridgehead atoms. The summed E-state index contributed by atoms with van der Waals surface area (Å²) < 4.78 is 57.8. The standard InChI is InChI=1S/C25H29F4N7O2/c1-3-33(4-2)15-13-35(14-15)24-31-20-16(22(32-24)34-10-8-30-9-11-34)12-19(25(27,28)29)36(23(20)38)21-17(26)6-5-7-18(21)37/h5-7,12,15,30,37H,3-4,8-11,13-14H2,1-2H3. The molecule has 2 aliphatic rings. The molecule has 0 spiro atoms. The third kappa shape index (κ3) is 4.53. The average molecular weight is 536 g/mol. The number of hydrogen-bond donors (Lipinski definition) is 2. The highest BCUT2D eigenvalue weighted by atomic mass is 19.4. The van der Waals surface area contributed by atoms with Gasteiger partial charge in [-0.15, -0.1) is 0 Å². The number of anilines is 2. The Balaban J connectivity index is 1.74. The number of aromatic hydroxyl groups is 1. The van der Waals surface area contributed by atoms with E-state index in [1.165, 1.54) is 0 Å².